The van der Waals surface area contributed by atoms with E-state index >= 15 is 0 Å². The van der Waals surface area contributed by atoms with E-state index in [0.29, 0.717) is 22.9 Å². The average Bonchev–Trinajstić information content (AvgIpc) is 3.06. The number of hydrogen-bond acceptors (Lipinski definition) is 4. The molecule has 24 heavy (non-hydrogen) atoms. The Morgan fingerprint density at radius 1 is 1.38 bits per heavy atom. The molecule has 1 heterocycles. The van der Waals surface area contributed by atoms with Crippen molar-refractivity contribution in [2.24, 2.45) is 5.92 Å². The Morgan fingerprint density at radius 3 is 2.88 bits per heavy atom. The maximum absolute atomic E-state index is 12.8. The molecule has 0 bridgehead atoms. The third kappa shape index (κ3) is 3.47. The van der Waals surface area contributed by atoms with Gasteiger partial charge in [-0.3, -0.25) is 4.79 Å². The quantitative estimate of drug-likeness (QED) is 0.916. The topological polar surface area (TPSA) is 66.6 Å². The molecule has 0 aliphatic heterocycles. The maximum atomic E-state index is 12.8. The number of oxazole rings is 1. The van der Waals surface area contributed by atoms with Crippen LogP contribution in [0, 0.1) is 5.92 Å². The maximum Gasteiger partial charge on any atom is 0.276 e. The Morgan fingerprint density at radius 2 is 2.12 bits per heavy atom. The van der Waals surface area contributed by atoms with Gasteiger partial charge in [-0.05, 0) is 25.0 Å². The highest BCUT2D eigenvalue weighted by Crippen LogP contribution is 2.31. The van der Waals surface area contributed by atoms with Gasteiger partial charge in [0.1, 0.15) is 0 Å². The Balaban J connectivity index is 1.78. The lowest BCUT2D eigenvalue weighted by atomic mass is 9.86. The van der Waals surface area contributed by atoms with E-state index in [1.165, 1.54) is 6.39 Å². The van der Waals surface area contributed by atoms with Crippen LogP contribution in [0.25, 0.3) is 11.3 Å². The largest absolute Gasteiger partial charge is 0.443 e. The molecule has 1 saturated carbocycles. The summed E-state index contributed by atoms with van der Waals surface area (Å²) in [6, 6.07) is 7.20. The lowest BCUT2D eigenvalue weighted by molar-refractivity contribution is 0.0449. The van der Waals surface area contributed by atoms with Crippen LogP contribution in [0.5, 0.6) is 0 Å². The molecule has 2 unspecified atom stereocenters. The summed E-state index contributed by atoms with van der Waals surface area (Å²) in [5.41, 5.74) is 0.891. The number of aliphatic hydroxyl groups excluding tert-OH is 1. The van der Waals surface area contributed by atoms with Gasteiger partial charge in [0.15, 0.2) is 17.8 Å². The number of carbonyl (C=O) groups is 1. The van der Waals surface area contributed by atoms with E-state index in [2.05, 4.69) is 4.98 Å². The summed E-state index contributed by atoms with van der Waals surface area (Å²) in [6.45, 7) is 0.509. The average molecular weight is 349 g/mol. The summed E-state index contributed by atoms with van der Waals surface area (Å²) in [7, 11) is 1.73. The minimum absolute atomic E-state index is 0.114. The molecule has 2 aromatic rings. The molecule has 2 atom stereocenters. The first-order valence-corrected chi connectivity index (χ1v) is 8.57. The number of carbonyl (C=O) groups excluding carboxylic acids is 1. The van der Waals surface area contributed by atoms with Crippen LogP contribution in [0.15, 0.2) is 35.1 Å². The molecule has 1 N–H and O–H groups in total. The summed E-state index contributed by atoms with van der Waals surface area (Å²) in [5, 5.41) is 10.6. The van der Waals surface area contributed by atoms with Crippen LogP contribution < -0.4 is 0 Å². The number of amides is 1. The molecule has 1 aromatic carbocycles. The van der Waals surface area contributed by atoms with Crippen LogP contribution in [0.1, 0.15) is 36.2 Å². The van der Waals surface area contributed by atoms with Gasteiger partial charge in [0.25, 0.3) is 5.91 Å². The van der Waals surface area contributed by atoms with E-state index in [9.17, 15) is 9.90 Å². The molecule has 1 aliphatic rings. The van der Waals surface area contributed by atoms with Crippen molar-refractivity contribution in [3.63, 3.8) is 0 Å². The molecule has 3 rings (SSSR count). The monoisotopic (exact) mass is 348 g/mol. The number of aliphatic hydroxyl groups is 1. The van der Waals surface area contributed by atoms with E-state index in [0.717, 1.165) is 25.7 Å². The van der Waals surface area contributed by atoms with Gasteiger partial charge >= 0.3 is 0 Å². The van der Waals surface area contributed by atoms with Gasteiger partial charge in [-0.25, -0.2) is 4.98 Å². The van der Waals surface area contributed by atoms with Gasteiger partial charge in [-0.15, -0.1) is 0 Å². The Bertz CT molecular complexity index is 716. The van der Waals surface area contributed by atoms with Gasteiger partial charge in [0, 0.05) is 25.1 Å². The van der Waals surface area contributed by atoms with Crippen molar-refractivity contribution in [1.82, 2.24) is 9.88 Å². The molecule has 6 heteroatoms. The lowest BCUT2D eigenvalue weighted by Crippen LogP contribution is -2.38. The van der Waals surface area contributed by atoms with Crippen LogP contribution >= 0.6 is 11.6 Å². The standard InChI is InChI=1S/C18H21ClN2O3/c1-21(10-12-6-2-5-9-15(12)22)18(23)16-17(24-11-20-16)13-7-3-4-8-14(13)19/h3-4,7-8,11-12,15,22H,2,5-6,9-10H2,1H3. The van der Waals surface area contributed by atoms with Crippen LogP contribution in [0.4, 0.5) is 0 Å². The number of nitrogens with zero attached hydrogens (tertiary/aromatic N) is 2. The summed E-state index contributed by atoms with van der Waals surface area (Å²) < 4.78 is 5.42. The second-order valence-electron chi connectivity index (χ2n) is 6.31. The minimum atomic E-state index is -0.339. The van der Waals surface area contributed by atoms with Crippen molar-refractivity contribution in [3.05, 3.63) is 41.4 Å². The molecule has 128 valence electrons. The van der Waals surface area contributed by atoms with Gasteiger partial charge in [-0.2, -0.15) is 0 Å². The zero-order valence-electron chi connectivity index (χ0n) is 13.6. The fraction of sp³-hybridized carbons (Fsp3) is 0.444. The Labute approximate surface area is 146 Å². The first kappa shape index (κ1) is 17.0. The summed E-state index contributed by atoms with van der Waals surface area (Å²) in [5.74, 6) is 0.265. The molecular formula is C18H21ClN2O3. The second kappa shape index (κ2) is 7.36. The fourth-order valence-corrected chi connectivity index (χ4v) is 3.47. The smallest absolute Gasteiger partial charge is 0.276 e. The Hall–Kier alpha value is -1.85. The fourth-order valence-electron chi connectivity index (χ4n) is 3.25. The summed E-state index contributed by atoms with van der Waals surface area (Å²) in [6.07, 6.45) is 4.81. The number of hydrogen-bond donors (Lipinski definition) is 1. The predicted octanol–water partition coefficient (Wildman–Crippen LogP) is 3.62. The van der Waals surface area contributed by atoms with E-state index in [4.69, 9.17) is 16.0 Å². The molecule has 0 radical (unpaired) electrons. The molecule has 1 aromatic heterocycles. The molecule has 0 spiro atoms. The molecule has 1 aliphatic carbocycles. The highest BCUT2D eigenvalue weighted by molar-refractivity contribution is 6.33. The van der Waals surface area contributed by atoms with Crippen molar-refractivity contribution in [3.8, 4) is 11.3 Å². The molecule has 0 saturated heterocycles. The highest BCUT2D eigenvalue weighted by Gasteiger charge is 2.28. The van der Waals surface area contributed by atoms with Crippen molar-refractivity contribution in [2.45, 2.75) is 31.8 Å². The third-order valence-corrected chi connectivity index (χ3v) is 4.94. The van der Waals surface area contributed by atoms with Gasteiger partial charge < -0.3 is 14.4 Å². The molecule has 5 nitrogen and oxygen atoms in total. The lowest BCUT2D eigenvalue weighted by Gasteiger charge is -2.31. The number of aromatic nitrogens is 1. The van der Waals surface area contributed by atoms with Crippen LogP contribution in [0.2, 0.25) is 5.02 Å². The van der Waals surface area contributed by atoms with E-state index in [1.807, 2.05) is 12.1 Å². The normalized spacial score (nSPS) is 20.8. The molecular weight excluding hydrogens is 328 g/mol. The van der Waals surface area contributed by atoms with Crippen molar-refractivity contribution >= 4 is 17.5 Å². The summed E-state index contributed by atoms with van der Waals surface area (Å²) >= 11 is 6.20. The highest BCUT2D eigenvalue weighted by atomic mass is 35.5. The van der Waals surface area contributed by atoms with Crippen molar-refractivity contribution in [2.75, 3.05) is 13.6 Å². The Kier molecular flexibility index (Phi) is 5.21. The van der Waals surface area contributed by atoms with Crippen molar-refractivity contribution in [1.29, 1.82) is 0 Å². The number of rotatable bonds is 4. The molecule has 1 fully saturated rings. The van der Waals surface area contributed by atoms with Crippen molar-refractivity contribution < 1.29 is 14.3 Å². The molecule has 1 amide bonds. The third-order valence-electron chi connectivity index (χ3n) is 4.61. The van der Waals surface area contributed by atoms with Crippen LogP contribution in [0.3, 0.4) is 0 Å². The first-order valence-electron chi connectivity index (χ1n) is 8.20. The minimum Gasteiger partial charge on any atom is -0.443 e. The summed E-state index contributed by atoms with van der Waals surface area (Å²) in [4.78, 5) is 18.5. The van der Waals surface area contributed by atoms with E-state index in [1.54, 1.807) is 24.1 Å². The van der Waals surface area contributed by atoms with E-state index < -0.39 is 0 Å². The zero-order chi connectivity index (χ0) is 17.1. The van der Waals surface area contributed by atoms with Gasteiger partial charge in [0.2, 0.25) is 0 Å². The van der Waals surface area contributed by atoms with E-state index in [-0.39, 0.29) is 23.6 Å². The zero-order valence-corrected chi connectivity index (χ0v) is 14.4. The first-order chi connectivity index (χ1) is 11.6. The van der Waals surface area contributed by atoms with Crippen LogP contribution in [-0.4, -0.2) is 40.6 Å². The SMILES string of the molecule is CN(CC1CCCCC1O)C(=O)c1ncoc1-c1ccccc1Cl. The predicted molar refractivity (Wildman–Crippen MR) is 91.9 cm³/mol. The van der Waals surface area contributed by atoms with Gasteiger partial charge in [0.05, 0.1) is 11.1 Å². The number of benzene rings is 1. The second-order valence-corrected chi connectivity index (χ2v) is 6.71. The number of halogens is 1. The van der Waals surface area contributed by atoms with Crippen LogP contribution in [-0.2, 0) is 0 Å². The van der Waals surface area contributed by atoms with Gasteiger partial charge in [-0.1, -0.05) is 36.6 Å².